The number of guanidine groups is 1. The third kappa shape index (κ3) is 5.33. The van der Waals surface area contributed by atoms with Gasteiger partial charge in [-0.25, -0.2) is 9.98 Å². The van der Waals surface area contributed by atoms with E-state index < -0.39 is 0 Å². The first-order valence-electron chi connectivity index (χ1n) is 10.2. The minimum Gasteiger partial charge on any atom is -0.443 e. The van der Waals surface area contributed by atoms with Crippen molar-refractivity contribution in [1.82, 2.24) is 30.4 Å². The summed E-state index contributed by atoms with van der Waals surface area (Å²) < 4.78 is 7.85. The molecule has 3 rings (SSSR count). The minimum atomic E-state index is -0.0500. The van der Waals surface area contributed by atoms with Crippen molar-refractivity contribution in [3.8, 4) is 0 Å². The first-order valence-corrected chi connectivity index (χ1v) is 10.2. The van der Waals surface area contributed by atoms with Crippen LogP contribution in [0, 0.1) is 6.92 Å². The number of nitrogens with zero attached hydrogens (tertiary/aromatic N) is 5. The SMILES string of the molecule is Cc1nnc(CN=C(NCc2ncc(C(C)(C)C)o2)NC2CCCCC2)n1C. The van der Waals surface area contributed by atoms with Gasteiger partial charge in [-0.05, 0) is 19.8 Å². The maximum absolute atomic E-state index is 5.89. The van der Waals surface area contributed by atoms with E-state index in [0.717, 1.165) is 23.4 Å². The summed E-state index contributed by atoms with van der Waals surface area (Å²) in [5.74, 6) is 4.04. The molecule has 0 atom stereocenters. The summed E-state index contributed by atoms with van der Waals surface area (Å²) in [5.41, 5.74) is -0.0500. The van der Waals surface area contributed by atoms with Crippen molar-refractivity contribution in [2.24, 2.45) is 12.0 Å². The van der Waals surface area contributed by atoms with E-state index in [-0.39, 0.29) is 5.41 Å². The van der Waals surface area contributed by atoms with Crippen LogP contribution in [0.3, 0.4) is 0 Å². The molecule has 0 spiro atoms. The Hall–Kier alpha value is -2.38. The van der Waals surface area contributed by atoms with Crippen LogP contribution in [0.2, 0.25) is 0 Å². The Labute approximate surface area is 167 Å². The Balaban J connectivity index is 1.67. The maximum Gasteiger partial charge on any atom is 0.213 e. The largest absolute Gasteiger partial charge is 0.443 e. The molecule has 2 aromatic rings. The Morgan fingerprint density at radius 2 is 2.00 bits per heavy atom. The van der Waals surface area contributed by atoms with Gasteiger partial charge in [-0.3, -0.25) is 0 Å². The van der Waals surface area contributed by atoms with Gasteiger partial charge >= 0.3 is 0 Å². The standard InChI is InChI=1S/C20H33N7O/c1-14-25-26-17(27(14)5)12-22-19(24-15-9-7-6-8-10-15)23-13-18-21-11-16(28-18)20(2,3)4/h11,15H,6-10,12-13H2,1-5H3,(H2,22,23,24). The molecule has 0 radical (unpaired) electrons. The van der Waals surface area contributed by atoms with E-state index in [0.29, 0.717) is 25.0 Å². The third-order valence-corrected chi connectivity index (χ3v) is 5.21. The summed E-state index contributed by atoms with van der Waals surface area (Å²) in [6.45, 7) is 9.25. The molecule has 1 aliphatic carbocycles. The number of hydrogen-bond acceptors (Lipinski definition) is 5. The molecule has 2 heterocycles. The van der Waals surface area contributed by atoms with Gasteiger partial charge in [0.1, 0.15) is 18.1 Å². The first-order chi connectivity index (χ1) is 13.3. The Kier molecular flexibility index (Phi) is 6.36. The molecule has 0 bridgehead atoms. The zero-order chi connectivity index (χ0) is 20.1. The van der Waals surface area contributed by atoms with Gasteiger partial charge in [0.15, 0.2) is 11.8 Å². The van der Waals surface area contributed by atoms with Crippen LogP contribution in [0.4, 0.5) is 0 Å². The zero-order valence-corrected chi connectivity index (χ0v) is 17.7. The second-order valence-electron chi connectivity index (χ2n) is 8.59. The maximum atomic E-state index is 5.89. The van der Waals surface area contributed by atoms with Gasteiger partial charge in [-0.1, -0.05) is 40.0 Å². The highest BCUT2D eigenvalue weighted by Gasteiger charge is 2.20. The van der Waals surface area contributed by atoms with Gasteiger partial charge in [0.05, 0.1) is 12.7 Å². The second kappa shape index (κ2) is 8.75. The number of hydrogen-bond donors (Lipinski definition) is 2. The highest BCUT2D eigenvalue weighted by molar-refractivity contribution is 5.80. The van der Waals surface area contributed by atoms with E-state index in [1.54, 1.807) is 0 Å². The molecule has 154 valence electrons. The molecular weight excluding hydrogens is 354 g/mol. The summed E-state index contributed by atoms with van der Waals surface area (Å²) in [5, 5.41) is 15.3. The fourth-order valence-electron chi connectivity index (χ4n) is 3.23. The van der Waals surface area contributed by atoms with E-state index in [2.05, 4.69) is 46.6 Å². The molecule has 1 aliphatic rings. The third-order valence-electron chi connectivity index (χ3n) is 5.21. The van der Waals surface area contributed by atoms with Crippen molar-refractivity contribution in [2.75, 3.05) is 0 Å². The van der Waals surface area contributed by atoms with Gasteiger partial charge in [-0.15, -0.1) is 10.2 Å². The molecule has 0 unspecified atom stereocenters. The van der Waals surface area contributed by atoms with Crippen LogP contribution in [0.15, 0.2) is 15.6 Å². The Bertz CT molecular complexity index is 794. The fourth-order valence-corrected chi connectivity index (χ4v) is 3.23. The number of aromatic nitrogens is 4. The van der Waals surface area contributed by atoms with E-state index in [9.17, 15) is 0 Å². The highest BCUT2D eigenvalue weighted by Crippen LogP contribution is 2.22. The molecule has 28 heavy (non-hydrogen) atoms. The van der Waals surface area contributed by atoms with Gasteiger partial charge in [-0.2, -0.15) is 0 Å². The smallest absolute Gasteiger partial charge is 0.213 e. The lowest BCUT2D eigenvalue weighted by atomic mass is 9.94. The number of rotatable bonds is 5. The number of nitrogens with one attached hydrogen (secondary N) is 2. The first kappa shape index (κ1) is 20.4. The quantitative estimate of drug-likeness (QED) is 0.605. The van der Waals surface area contributed by atoms with Crippen LogP contribution < -0.4 is 10.6 Å². The summed E-state index contributed by atoms with van der Waals surface area (Å²) in [4.78, 5) is 9.13. The monoisotopic (exact) mass is 387 g/mol. The molecule has 0 saturated heterocycles. The zero-order valence-electron chi connectivity index (χ0n) is 17.7. The molecular formula is C20H33N7O. The Morgan fingerprint density at radius 3 is 2.61 bits per heavy atom. The van der Waals surface area contributed by atoms with Crippen molar-refractivity contribution in [1.29, 1.82) is 0 Å². The summed E-state index contributed by atoms with van der Waals surface area (Å²) in [6, 6.07) is 0.455. The van der Waals surface area contributed by atoms with Crippen molar-refractivity contribution < 1.29 is 4.42 Å². The van der Waals surface area contributed by atoms with Crippen molar-refractivity contribution >= 4 is 5.96 Å². The van der Waals surface area contributed by atoms with Crippen LogP contribution in [-0.4, -0.2) is 31.7 Å². The molecule has 2 N–H and O–H groups in total. The average molecular weight is 388 g/mol. The van der Waals surface area contributed by atoms with E-state index in [1.165, 1.54) is 32.1 Å². The number of oxazole rings is 1. The van der Waals surface area contributed by atoms with Gasteiger partial charge in [0.25, 0.3) is 0 Å². The predicted octanol–water partition coefficient (Wildman–Crippen LogP) is 2.98. The molecule has 1 fully saturated rings. The number of aryl methyl sites for hydroxylation is 1. The van der Waals surface area contributed by atoms with Crippen LogP contribution in [0.1, 0.15) is 76.2 Å². The topological polar surface area (TPSA) is 93.2 Å². The summed E-state index contributed by atoms with van der Waals surface area (Å²) >= 11 is 0. The summed E-state index contributed by atoms with van der Waals surface area (Å²) in [6.07, 6.45) is 8.02. The van der Waals surface area contributed by atoms with Crippen molar-refractivity contribution in [3.05, 3.63) is 29.5 Å². The molecule has 0 aliphatic heterocycles. The fraction of sp³-hybridized carbons (Fsp3) is 0.700. The highest BCUT2D eigenvalue weighted by atomic mass is 16.4. The lowest BCUT2D eigenvalue weighted by Gasteiger charge is -2.24. The molecule has 0 amide bonds. The summed E-state index contributed by atoms with van der Waals surface area (Å²) in [7, 11) is 1.96. The molecule has 8 heteroatoms. The van der Waals surface area contributed by atoms with Gasteiger partial charge in [0, 0.05) is 18.5 Å². The van der Waals surface area contributed by atoms with Crippen LogP contribution in [-0.2, 0) is 25.6 Å². The van der Waals surface area contributed by atoms with E-state index in [1.807, 2.05) is 24.7 Å². The average Bonchev–Trinajstić information content (AvgIpc) is 3.26. The molecule has 1 saturated carbocycles. The molecule has 0 aromatic carbocycles. The van der Waals surface area contributed by atoms with Crippen molar-refractivity contribution in [3.63, 3.8) is 0 Å². The Morgan fingerprint density at radius 1 is 1.25 bits per heavy atom. The van der Waals surface area contributed by atoms with Crippen LogP contribution in [0.25, 0.3) is 0 Å². The predicted molar refractivity (Wildman–Crippen MR) is 109 cm³/mol. The lowest BCUT2D eigenvalue weighted by molar-refractivity contribution is 0.377. The molecule has 8 nitrogen and oxygen atoms in total. The van der Waals surface area contributed by atoms with Crippen molar-refractivity contribution in [2.45, 2.75) is 84.3 Å². The van der Waals surface area contributed by atoms with E-state index in [4.69, 9.17) is 9.41 Å². The second-order valence-corrected chi connectivity index (χ2v) is 8.59. The normalized spacial score (nSPS) is 16.4. The van der Waals surface area contributed by atoms with Crippen LogP contribution >= 0.6 is 0 Å². The van der Waals surface area contributed by atoms with Gasteiger partial charge < -0.3 is 19.6 Å². The van der Waals surface area contributed by atoms with Gasteiger partial charge in [0.2, 0.25) is 5.89 Å². The van der Waals surface area contributed by atoms with E-state index >= 15 is 0 Å². The molecule has 2 aromatic heterocycles. The van der Waals surface area contributed by atoms with Crippen LogP contribution in [0.5, 0.6) is 0 Å². The number of aliphatic imine (C=N–C) groups is 1. The minimum absolute atomic E-state index is 0.0500. The lowest BCUT2D eigenvalue weighted by Crippen LogP contribution is -2.44.